The number of ether oxygens (including phenoxy) is 1. The third kappa shape index (κ3) is 3.19. The molecular formula is C14H24N4O2. The topological polar surface area (TPSA) is 50.6 Å². The molecule has 1 atom stereocenters. The maximum absolute atomic E-state index is 12.2. The van der Waals surface area contributed by atoms with E-state index in [0.717, 1.165) is 25.5 Å². The normalized spacial score (nSPS) is 20.4. The molecule has 1 aliphatic heterocycles. The first kappa shape index (κ1) is 15.0. The van der Waals surface area contributed by atoms with Gasteiger partial charge in [-0.15, -0.1) is 0 Å². The second kappa shape index (κ2) is 6.85. The van der Waals surface area contributed by atoms with Gasteiger partial charge in [0.2, 0.25) is 5.91 Å². The fourth-order valence-electron chi connectivity index (χ4n) is 2.72. The van der Waals surface area contributed by atoms with Gasteiger partial charge in [0.05, 0.1) is 19.1 Å². The van der Waals surface area contributed by atoms with Crippen molar-refractivity contribution in [2.24, 2.45) is 7.05 Å². The monoisotopic (exact) mass is 280 g/mol. The number of carbonyl (C=O) groups is 1. The largest absolute Gasteiger partial charge is 0.384 e. The van der Waals surface area contributed by atoms with Gasteiger partial charge in [0.25, 0.3) is 0 Å². The summed E-state index contributed by atoms with van der Waals surface area (Å²) in [5, 5.41) is 0. The van der Waals surface area contributed by atoms with E-state index >= 15 is 0 Å². The number of aromatic nitrogens is 2. The van der Waals surface area contributed by atoms with E-state index < -0.39 is 0 Å². The SMILES string of the molecule is CCN1CCN(C(=O)CCOC)CC1c1nccn1C. The minimum absolute atomic E-state index is 0.168. The molecule has 0 radical (unpaired) electrons. The Bertz CT molecular complexity index is 446. The van der Waals surface area contributed by atoms with E-state index in [9.17, 15) is 4.79 Å². The molecular weight excluding hydrogens is 256 g/mol. The zero-order valence-electron chi connectivity index (χ0n) is 12.6. The van der Waals surface area contributed by atoms with Gasteiger partial charge in [0.1, 0.15) is 5.82 Å². The predicted molar refractivity (Wildman–Crippen MR) is 76.3 cm³/mol. The van der Waals surface area contributed by atoms with Crippen LogP contribution in [0.4, 0.5) is 0 Å². The molecule has 1 saturated heterocycles. The maximum atomic E-state index is 12.2. The van der Waals surface area contributed by atoms with Crippen molar-refractivity contribution in [1.82, 2.24) is 19.4 Å². The van der Waals surface area contributed by atoms with Gasteiger partial charge in [-0.3, -0.25) is 9.69 Å². The lowest BCUT2D eigenvalue weighted by Gasteiger charge is -2.40. The first-order valence-corrected chi connectivity index (χ1v) is 7.15. The third-order valence-corrected chi connectivity index (χ3v) is 3.93. The molecule has 6 heteroatoms. The van der Waals surface area contributed by atoms with Gasteiger partial charge in [-0.1, -0.05) is 6.92 Å². The number of piperazine rings is 1. The first-order chi connectivity index (χ1) is 9.67. The van der Waals surface area contributed by atoms with Crippen molar-refractivity contribution in [2.45, 2.75) is 19.4 Å². The molecule has 0 bridgehead atoms. The summed E-state index contributed by atoms with van der Waals surface area (Å²) in [5.74, 6) is 1.19. The molecule has 1 unspecified atom stereocenters. The number of methoxy groups -OCH3 is 1. The van der Waals surface area contributed by atoms with Crippen LogP contribution >= 0.6 is 0 Å². The first-order valence-electron chi connectivity index (χ1n) is 7.15. The molecule has 20 heavy (non-hydrogen) atoms. The van der Waals surface area contributed by atoms with Crippen molar-refractivity contribution in [1.29, 1.82) is 0 Å². The van der Waals surface area contributed by atoms with Crippen LogP contribution in [0.2, 0.25) is 0 Å². The second-order valence-electron chi connectivity index (χ2n) is 5.12. The number of carbonyl (C=O) groups excluding carboxylic acids is 1. The third-order valence-electron chi connectivity index (χ3n) is 3.93. The van der Waals surface area contributed by atoms with Crippen LogP contribution in [-0.2, 0) is 16.6 Å². The number of amides is 1. The van der Waals surface area contributed by atoms with Gasteiger partial charge >= 0.3 is 0 Å². The zero-order valence-corrected chi connectivity index (χ0v) is 12.6. The molecule has 1 aliphatic rings. The fraction of sp³-hybridized carbons (Fsp3) is 0.714. The summed E-state index contributed by atoms with van der Waals surface area (Å²) < 4.78 is 7.03. The lowest BCUT2D eigenvalue weighted by atomic mass is 10.1. The standard InChI is InChI=1S/C14H24N4O2/c1-4-17-8-9-18(13(19)5-10-20-3)11-12(17)14-15-6-7-16(14)2/h6-7,12H,4-5,8-11H2,1-3H3. The Labute approximate surface area is 120 Å². The Balaban J connectivity index is 2.08. The van der Waals surface area contributed by atoms with Gasteiger partial charge in [-0.2, -0.15) is 0 Å². The van der Waals surface area contributed by atoms with Gasteiger partial charge in [0.15, 0.2) is 0 Å². The number of aryl methyl sites for hydroxylation is 1. The van der Waals surface area contributed by atoms with Crippen molar-refractivity contribution in [2.75, 3.05) is 39.9 Å². The van der Waals surface area contributed by atoms with Crippen LogP contribution in [0.15, 0.2) is 12.4 Å². The molecule has 1 fully saturated rings. The highest BCUT2D eigenvalue weighted by Gasteiger charge is 2.31. The molecule has 1 aromatic rings. The summed E-state index contributed by atoms with van der Waals surface area (Å²) in [4.78, 5) is 20.9. The molecule has 1 amide bonds. The molecule has 0 spiro atoms. The second-order valence-corrected chi connectivity index (χ2v) is 5.12. The lowest BCUT2D eigenvalue weighted by molar-refractivity contribution is -0.135. The average Bonchev–Trinajstić information content (AvgIpc) is 2.90. The van der Waals surface area contributed by atoms with E-state index in [1.165, 1.54) is 0 Å². The minimum atomic E-state index is 0.168. The maximum Gasteiger partial charge on any atom is 0.224 e. The number of imidazole rings is 1. The number of hydrogen-bond donors (Lipinski definition) is 0. The summed E-state index contributed by atoms with van der Waals surface area (Å²) in [7, 11) is 3.63. The predicted octanol–water partition coefficient (Wildman–Crippen LogP) is 0.662. The summed E-state index contributed by atoms with van der Waals surface area (Å²) in [6, 6.07) is 0.181. The minimum Gasteiger partial charge on any atom is -0.384 e. The van der Waals surface area contributed by atoms with E-state index in [2.05, 4.69) is 16.8 Å². The summed E-state index contributed by atoms with van der Waals surface area (Å²) in [6.07, 6.45) is 4.22. The van der Waals surface area contributed by atoms with Gasteiger partial charge in [0, 0.05) is 46.2 Å². The molecule has 6 nitrogen and oxygen atoms in total. The quantitative estimate of drug-likeness (QED) is 0.795. The van der Waals surface area contributed by atoms with Crippen molar-refractivity contribution in [3.05, 3.63) is 18.2 Å². The van der Waals surface area contributed by atoms with Crippen molar-refractivity contribution in [3.63, 3.8) is 0 Å². The summed E-state index contributed by atoms with van der Waals surface area (Å²) >= 11 is 0. The Morgan fingerprint density at radius 1 is 1.50 bits per heavy atom. The van der Waals surface area contributed by atoms with Crippen molar-refractivity contribution in [3.8, 4) is 0 Å². The fourth-order valence-corrected chi connectivity index (χ4v) is 2.72. The van der Waals surface area contributed by atoms with Crippen molar-refractivity contribution >= 4 is 5.91 Å². The molecule has 1 aromatic heterocycles. The molecule has 0 N–H and O–H groups in total. The molecule has 112 valence electrons. The van der Waals surface area contributed by atoms with Crippen LogP contribution < -0.4 is 0 Å². The summed E-state index contributed by atoms with van der Waals surface area (Å²) in [6.45, 7) is 6.00. The van der Waals surface area contributed by atoms with Crippen LogP contribution in [0.3, 0.4) is 0 Å². The molecule has 2 heterocycles. The van der Waals surface area contributed by atoms with E-state index in [1.807, 2.05) is 28.9 Å². The van der Waals surface area contributed by atoms with E-state index in [1.54, 1.807) is 7.11 Å². The Kier molecular flexibility index (Phi) is 5.14. The number of likely N-dealkylation sites (N-methyl/N-ethyl adjacent to an activating group) is 1. The highest BCUT2D eigenvalue weighted by atomic mass is 16.5. The molecule has 2 rings (SSSR count). The van der Waals surface area contributed by atoms with Gasteiger partial charge in [-0.05, 0) is 6.54 Å². The Morgan fingerprint density at radius 2 is 2.30 bits per heavy atom. The molecule has 0 aliphatic carbocycles. The highest BCUT2D eigenvalue weighted by Crippen LogP contribution is 2.23. The number of nitrogens with zero attached hydrogens (tertiary/aromatic N) is 4. The van der Waals surface area contributed by atoms with E-state index in [4.69, 9.17) is 4.74 Å². The van der Waals surface area contributed by atoms with Crippen LogP contribution in [0.5, 0.6) is 0 Å². The lowest BCUT2D eigenvalue weighted by Crippen LogP contribution is -2.51. The van der Waals surface area contributed by atoms with Crippen LogP contribution in [0, 0.1) is 0 Å². The van der Waals surface area contributed by atoms with Crippen LogP contribution in [0.1, 0.15) is 25.2 Å². The molecule has 0 aromatic carbocycles. The summed E-state index contributed by atoms with van der Waals surface area (Å²) in [5.41, 5.74) is 0. The van der Waals surface area contributed by atoms with Crippen molar-refractivity contribution < 1.29 is 9.53 Å². The highest BCUT2D eigenvalue weighted by molar-refractivity contribution is 5.76. The van der Waals surface area contributed by atoms with E-state index in [-0.39, 0.29) is 11.9 Å². The van der Waals surface area contributed by atoms with Crippen LogP contribution in [0.25, 0.3) is 0 Å². The average molecular weight is 280 g/mol. The zero-order chi connectivity index (χ0) is 14.5. The van der Waals surface area contributed by atoms with Gasteiger partial charge in [-0.25, -0.2) is 4.98 Å². The van der Waals surface area contributed by atoms with E-state index in [0.29, 0.717) is 19.6 Å². The molecule has 0 saturated carbocycles. The Hall–Kier alpha value is -1.40. The number of hydrogen-bond acceptors (Lipinski definition) is 4. The smallest absolute Gasteiger partial charge is 0.224 e. The number of rotatable bonds is 5. The Morgan fingerprint density at radius 3 is 2.90 bits per heavy atom. The van der Waals surface area contributed by atoms with Crippen LogP contribution in [-0.4, -0.2) is 65.2 Å². The van der Waals surface area contributed by atoms with Gasteiger partial charge < -0.3 is 14.2 Å².